The van der Waals surface area contributed by atoms with Gasteiger partial charge in [-0.2, -0.15) is 22.6 Å². The molecule has 0 radical (unpaired) electrons. The van der Waals surface area contributed by atoms with Crippen LogP contribution in [-0.4, -0.2) is 40.1 Å². The number of rotatable bonds is 11. The van der Waals surface area contributed by atoms with E-state index in [-0.39, 0.29) is 57.1 Å². The van der Waals surface area contributed by atoms with Gasteiger partial charge in [0.1, 0.15) is 0 Å². The molecule has 7 rings (SSSR count). The maximum atomic E-state index is 14.3. The Kier molecular flexibility index (Phi) is 54.9. The molecule has 0 unspecified atom stereocenters. The number of aryl methyl sites for hydroxylation is 2. The van der Waals surface area contributed by atoms with E-state index in [0.717, 1.165) is 45.8 Å². The second-order valence-corrected chi connectivity index (χ2v) is 59.5. The van der Waals surface area contributed by atoms with Gasteiger partial charge in [-0.25, -0.2) is 0 Å². The average Bonchev–Trinajstić information content (AvgIpc) is 0.909. The number of aromatic nitrogens is 2. The zero-order valence-corrected chi connectivity index (χ0v) is 78.0. The largest absolute Gasteiger partial charge is 1.00 e. The smallest absolute Gasteiger partial charge is 0.870 e. The summed E-state index contributed by atoms with van der Waals surface area (Å²) in [5, 5.41) is 11.8. The molecule has 7 aromatic rings. The number of amides is 1. The van der Waals surface area contributed by atoms with Crippen LogP contribution in [0.15, 0.2) is 140 Å². The molecule has 1 amide bonds. The summed E-state index contributed by atoms with van der Waals surface area (Å²) in [5.41, 5.74) is -3.13. The molecule has 6 N–H and O–H groups in total. The van der Waals surface area contributed by atoms with Crippen LogP contribution in [0.5, 0.6) is 0 Å². The minimum absolute atomic E-state index is 0. The Morgan fingerprint density at radius 3 is 1.20 bits per heavy atom. The second-order valence-electron chi connectivity index (χ2n) is 15.7. The standard InChI is InChI=1S/C26H22BrF2N2O4PS.C17H14BrF2N2O3PS.2C2H6.Na.H2O.S13.S12/c1-16-8-10-20(12-17(16)2)24(32)30-25-31(23(15-37-25)19-6-4-3-5-7-19)14-18-9-11-21(22(27)13-18)26(28,29)36(33,34)35;18-14-8-11(6-7-13(14)17(19,20)26(23,24)25)9-22-15(10-27-16(22)21)12-4-2-1-3-5-12;2*1-2;;;1-3-5-7-9-11-13-12-10-8-6-4-2;1-3-5-7-9-11-12-10-8-6-4-2/h3-13,15H,14H2,1-2H3,(H2,33,34,35);1-8,10,21H,9H2,(H2,23,24,25);2*1-2H3;;1H2;;/q;;;;+1;;;/p-1. The molecule has 0 fully saturated rings. The first-order chi connectivity index (χ1) is 44.3. The van der Waals surface area contributed by atoms with E-state index in [9.17, 15) is 31.5 Å². The number of benzene rings is 5. The van der Waals surface area contributed by atoms with Gasteiger partial charge in [0.2, 0.25) is 0 Å². The van der Waals surface area contributed by atoms with Crippen molar-refractivity contribution in [1.29, 1.82) is 5.41 Å². The normalized spacial score (nSPS) is 10.4. The maximum Gasteiger partial charge on any atom is 1.00 e. The van der Waals surface area contributed by atoms with Crippen molar-refractivity contribution >= 4 is 307 Å². The summed E-state index contributed by atoms with van der Waals surface area (Å²) in [6.45, 7) is 12.3. The predicted molar refractivity (Wildman–Crippen MR) is 454 cm³/mol. The van der Waals surface area contributed by atoms with Gasteiger partial charge in [0.15, 0.2) is 9.60 Å². The summed E-state index contributed by atoms with van der Waals surface area (Å²) < 4.78 is 82.2. The first-order valence-corrected chi connectivity index (χ1v) is 61.7. The minimum Gasteiger partial charge on any atom is -0.870 e. The van der Waals surface area contributed by atoms with Gasteiger partial charge >= 0.3 is 56.1 Å². The van der Waals surface area contributed by atoms with E-state index in [4.69, 9.17) is 47.4 Å². The van der Waals surface area contributed by atoms with Gasteiger partial charge in [0, 0.05) is 268 Å². The molecule has 0 atom stereocenters. The van der Waals surface area contributed by atoms with E-state index in [1.807, 2.05) is 124 Å². The maximum absolute atomic E-state index is 14.3. The van der Waals surface area contributed by atoms with E-state index in [2.05, 4.69) is 59.2 Å². The van der Waals surface area contributed by atoms with Crippen LogP contribution in [0.4, 0.5) is 17.6 Å². The third-order valence-corrected chi connectivity index (χ3v) is 57.5. The predicted octanol–water partition coefficient (Wildman–Crippen LogP) is 10.2. The van der Waals surface area contributed by atoms with Crippen LogP contribution in [0.3, 0.4) is 0 Å². The van der Waals surface area contributed by atoms with Crippen LogP contribution in [0.25, 0.3) is 22.5 Å². The van der Waals surface area contributed by atoms with E-state index in [0.29, 0.717) is 26.3 Å². The molecule has 2 heterocycles. The van der Waals surface area contributed by atoms with Crippen molar-refractivity contribution in [3.63, 3.8) is 0 Å². The Labute approximate surface area is 673 Å². The van der Waals surface area contributed by atoms with Crippen molar-refractivity contribution < 1.29 is 86.1 Å². The molecule has 95 heavy (non-hydrogen) atoms. The summed E-state index contributed by atoms with van der Waals surface area (Å²) in [6.07, 6.45) is 0. The van der Waals surface area contributed by atoms with E-state index in [1.54, 1.807) is 168 Å². The van der Waals surface area contributed by atoms with Crippen LogP contribution in [-0.2, 0) is 265 Å². The van der Waals surface area contributed by atoms with Crippen LogP contribution in [0.2, 0.25) is 0 Å². The molecule has 2 aromatic heterocycles. The van der Waals surface area contributed by atoms with Crippen LogP contribution < -0.4 is 39.2 Å². The molecule has 0 aliphatic heterocycles. The zero-order chi connectivity index (χ0) is 69.6. The number of nitrogens with zero attached hydrogens (tertiary/aromatic N) is 3. The summed E-state index contributed by atoms with van der Waals surface area (Å²) in [6, 6.07) is 31.8. The molecule has 520 valence electrons. The van der Waals surface area contributed by atoms with Gasteiger partial charge in [-0.15, -0.1) is 22.7 Å². The molecule has 0 aliphatic rings. The molecule has 0 saturated heterocycles. The number of halogens is 6. The molecule has 48 heteroatoms. The third kappa shape index (κ3) is 34.9. The quantitative estimate of drug-likeness (QED) is 0.0466. The molecule has 5 aromatic carbocycles. The monoisotopic (exact) mass is 1980 g/mol. The summed E-state index contributed by atoms with van der Waals surface area (Å²) in [5.74, 6) is -0.406. The second kappa shape index (κ2) is 53.8. The Hall–Kier alpha value is 2.07. The molecule has 0 spiro atoms. The Morgan fingerprint density at radius 2 is 0.863 bits per heavy atom. The van der Waals surface area contributed by atoms with Crippen molar-refractivity contribution in [2.24, 2.45) is 4.99 Å². The minimum atomic E-state index is -5.72. The SMILES string of the molecule is CC.CC.Cc1ccc(C(=O)N=c2scc(-c3ccccc3)n2Cc2ccc(C(F)(F)P(=O)(O)O)c(Br)c2)cc1C.N=c1scc(-c2ccccc2)n1Cc1ccc(C(F)(F)P(=O)(O)O)c(Br)c1.S=S=S=S=S=S=S=S=S=S=S=S.S=S=S=S=S=S=S=S=S=S=S=S=S.[Na+].[OH-]. The topological polar surface area (TPSA) is 208 Å². The average molecular weight is 1980 g/mol. The molecule has 0 saturated carbocycles. The number of carbonyl (C=O) groups excluding carboxylic acids is 1. The molecule has 12 nitrogen and oxygen atoms in total. The number of carbonyl (C=O) groups is 1. The number of hydrogen-bond donors (Lipinski definition) is 5. The van der Waals surface area contributed by atoms with E-state index in [1.165, 1.54) is 82.5 Å². The van der Waals surface area contributed by atoms with Crippen LogP contribution in [0, 0.1) is 19.3 Å². The van der Waals surface area contributed by atoms with Gasteiger partial charge in [-0.1, -0.05) is 151 Å². The number of nitrogens with one attached hydrogen (secondary N) is 1. The Balaban J connectivity index is 0.00000133. The van der Waals surface area contributed by atoms with E-state index < -0.39 is 43.6 Å². The van der Waals surface area contributed by atoms with Gasteiger partial charge in [-0.05, 0) is 71.5 Å². The zero-order valence-electron chi connectivity index (χ0n) is 49.0. The fourth-order valence-corrected chi connectivity index (χ4v) is 57.5. The van der Waals surface area contributed by atoms with Crippen molar-refractivity contribution in [3.8, 4) is 22.5 Å². The number of alkyl halides is 4. The molecular weight excluding hydrogens is 1940 g/mol. The van der Waals surface area contributed by atoms with Crippen LogP contribution in [0.1, 0.15) is 71.4 Å². The van der Waals surface area contributed by atoms with Crippen molar-refractivity contribution in [3.05, 3.63) is 184 Å². The van der Waals surface area contributed by atoms with Crippen molar-refractivity contribution in [1.82, 2.24) is 9.13 Å². The van der Waals surface area contributed by atoms with E-state index >= 15 is 0 Å². The van der Waals surface area contributed by atoms with Gasteiger partial charge < -0.3 is 34.2 Å². The summed E-state index contributed by atoms with van der Waals surface area (Å²) in [7, 11) is 23.0. The molecular formula is C47H49Br2F4N4NaO8P2S27. The van der Waals surface area contributed by atoms with Crippen molar-refractivity contribution in [2.75, 3.05) is 0 Å². The summed E-state index contributed by atoms with van der Waals surface area (Å²) in [4.78, 5) is 54.1. The molecule has 0 aliphatic carbocycles. The van der Waals surface area contributed by atoms with Crippen molar-refractivity contribution in [2.45, 2.75) is 66.0 Å². The van der Waals surface area contributed by atoms with Gasteiger partial charge in [0.05, 0.1) is 24.5 Å². The first kappa shape index (κ1) is 97.1. The first-order valence-electron chi connectivity index (χ1n) is 24.5. The fourth-order valence-electron chi connectivity index (χ4n) is 6.45. The number of hydrogen-bond acceptors (Lipinski definition) is 11. The van der Waals surface area contributed by atoms with Gasteiger partial charge in [0.25, 0.3) is 5.91 Å². The Morgan fingerprint density at radius 1 is 0.526 bits per heavy atom. The molecule has 0 bridgehead atoms. The summed E-state index contributed by atoms with van der Waals surface area (Å²) >= 11 is 27.3. The van der Waals surface area contributed by atoms with Gasteiger partial charge in [-0.3, -0.25) is 19.3 Å². The fraction of sp³-hybridized carbons (Fsp3) is 0.213. The Bertz CT molecular complexity index is 4910. The number of thiazole rings is 2. The van der Waals surface area contributed by atoms with Crippen LogP contribution >= 0.6 is 69.7 Å². The third-order valence-electron chi connectivity index (χ3n) is 10.4.